The van der Waals surface area contributed by atoms with Crippen molar-refractivity contribution in [1.29, 1.82) is 0 Å². The monoisotopic (exact) mass is 559 g/mol. The molecule has 0 bridgehead atoms. The molecule has 2 aromatic heterocycles. The van der Waals surface area contributed by atoms with E-state index in [9.17, 15) is 15.0 Å². The molecule has 2 fully saturated rings. The van der Waals surface area contributed by atoms with Crippen molar-refractivity contribution in [2.24, 2.45) is 5.92 Å². The number of anilines is 1. The molecule has 6 atom stereocenters. The Morgan fingerprint density at radius 1 is 1.02 bits per heavy atom. The highest BCUT2D eigenvalue weighted by atomic mass is 32.2. The van der Waals surface area contributed by atoms with Gasteiger partial charge in [-0.05, 0) is 30.4 Å². The number of rotatable bonds is 10. The predicted octanol–water partition coefficient (Wildman–Crippen LogP) is 3.29. The van der Waals surface area contributed by atoms with Crippen LogP contribution in [0.3, 0.4) is 0 Å². The Kier molecular flexibility index (Phi) is 7.68. The number of benzene rings is 2. The molecular formula is C29H33N7O3S. The smallest absolute Gasteiger partial charge is 0.226 e. The number of thioether (sulfide) groups is 1. The van der Waals surface area contributed by atoms with Crippen LogP contribution in [-0.2, 0) is 11.3 Å². The third-order valence-electron chi connectivity index (χ3n) is 7.69. The number of nitrogens with one attached hydrogen (secondary N) is 2. The number of carbonyl (C=O) groups is 1. The first-order valence-corrected chi connectivity index (χ1v) is 14.8. The average molecular weight is 560 g/mol. The lowest BCUT2D eigenvalue weighted by Crippen LogP contribution is -2.37. The van der Waals surface area contributed by atoms with Crippen LogP contribution < -0.4 is 10.6 Å². The van der Waals surface area contributed by atoms with Gasteiger partial charge in [-0.2, -0.15) is 0 Å². The molecule has 11 heteroatoms. The second-order valence-electron chi connectivity index (χ2n) is 10.5. The van der Waals surface area contributed by atoms with Crippen molar-refractivity contribution in [3.05, 3.63) is 71.8 Å². The van der Waals surface area contributed by atoms with Crippen molar-refractivity contribution in [3.63, 3.8) is 0 Å². The predicted molar refractivity (Wildman–Crippen MR) is 153 cm³/mol. The van der Waals surface area contributed by atoms with Crippen molar-refractivity contribution >= 4 is 34.7 Å². The minimum atomic E-state index is -1.23. The van der Waals surface area contributed by atoms with Crippen LogP contribution >= 0.6 is 11.8 Å². The number of aliphatic hydroxyl groups excluding tert-OH is 2. The fraction of sp³-hybridized carbons (Fsp3) is 0.414. The van der Waals surface area contributed by atoms with E-state index in [0.717, 1.165) is 24.2 Å². The zero-order valence-electron chi connectivity index (χ0n) is 22.2. The molecule has 10 nitrogen and oxygen atoms in total. The normalized spacial score (nSPS) is 25.7. The number of aliphatic hydroxyl groups is 2. The summed E-state index contributed by atoms with van der Waals surface area (Å²) < 4.78 is 1.55. The van der Waals surface area contributed by atoms with Gasteiger partial charge in [0, 0.05) is 24.3 Å². The number of fused-ring (bicyclic) bond motifs is 1. The molecule has 2 aliphatic rings. The van der Waals surface area contributed by atoms with E-state index >= 15 is 0 Å². The summed E-state index contributed by atoms with van der Waals surface area (Å²) in [5, 5.41) is 37.6. The van der Waals surface area contributed by atoms with Gasteiger partial charge in [0.25, 0.3) is 0 Å². The van der Waals surface area contributed by atoms with Crippen LogP contribution in [0.15, 0.2) is 65.8 Å². The fourth-order valence-corrected chi connectivity index (χ4v) is 6.11. The van der Waals surface area contributed by atoms with E-state index < -0.39 is 24.2 Å². The maximum Gasteiger partial charge on any atom is 0.226 e. The van der Waals surface area contributed by atoms with E-state index in [0.29, 0.717) is 34.6 Å². The SMILES string of the molecule is CCCSc1nc(NC2CC2c2ccccc2)c2nnn(C3CC(C(=O)NCc4ccccc4)C(O)C3O)c2n1. The molecule has 40 heavy (non-hydrogen) atoms. The molecule has 4 aromatic rings. The number of aromatic nitrogens is 5. The van der Waals surface area contributed by atoms with Gasteiger partial charge in [-0.25, -0.2) is 14.6 Å². The molecule has 2 heterocycles. The van der Waals surface area contributed by atoms with E-state index in [1.165, 1.54) is 5.56 Å². The zero-order chi connectivity index (χ0) is 27.6. The van der Waals surface area contributed by atoms with Crippen molar-refractivity contribution in [2.45, 2.75) is 68.1 Å². The molecule has 6 unspecified atom stereocenters. The second-order valence-corrected chi connectivity index (χ2v) is 11.6. The minimum absolute atomic E-state index is 0.213. The first-order chi connectivity index (χ1) is 19.5. The third kappa shape index (κ3) is 5.41. The molecule has 6 rings (SSSR count). The lowest BCUT2D eigenvalue weighted by Gasteiger charge is -2.17. The van der Waals surface area contributed by atoms with Crippen LogP contribution in [0.5, 0.6) is 0 Å². The fourth-order valence-electron chi connectivity index (χ4n) is 5.42. The van der Waals surface area contributed by atoms with Gasteiger partial charge in [0.05, 0.1) is 18.1 Å². The Hall–Kier alpha value is -3.54. The molecule has 2 aliphatic carbocycles. The summed E-state index contributed by atoms with van der Waals surface area (Å²) in [4.78, 5) is 22.5. The Morgan fingerprint density at radius 2 is 1.77 bits per heavy atom. The summed E-state index contributed by atoms with van der Waals surface area (Å²) in [6.07, 6.45) is -0.246. The van der Waals surface area contributed by atoms with Crippen molar-refractivity contribution in [1.82, 2.24) is 30.3 Å². The van der Waals surface area contributed by atoms with Gasteiger partial charge in [-0.1, -0.05) is 84.6 Å². The van der Waals surface area contributed by atoms with Gasteiger partial charge in [0.2, 0.25) is 5.91 Å². The highest BCUT2D eigenvalue weighted by molar-refractivity contribution is 7.99. The first kappa shape index (κ1) is 26.7. The lowest BCUT2D eigenvalue weighted by atomic mass is 10.0. The summed E-state index contributed by atoms with van der Waals surface area (Å²) in [7, 11) is 0. The number of nitrogens with zero attached hydrogens (tertiary/aromatic N) is 5. The standard InChI is InChI=1S/C29H33N7O3S/c1-2-13-40-29-32-26(31-21-14-19(21)18-11-7-4-8-12-18)23-27(33-29)36(35-34-23)22-15-20(24(37)25(22)38)28(39)30-16-17-9-5-3-6-10-17/h3-12,19-22,24-25,37-38H,2,13-16H2,1H3,(H,30,39)(H,31,32,33). The number of hydrogen-bond acceptors (Lipinski definition) is 9. The zero-order valence-corrected chi connectivity index (χ0v) is 23.0. The molecule has 0 saturated heterocycles. The molecule has 0 aliphatic heterocycles. The van der Waals surface area contributed by atoms with E-state index in [1.54, 1.807) is 16.4 Å². The summed E-state index contributed by atoms with van der Waals surface area (Å²) in [6, 6.07) is 19.5. The maximum atomic E-state index is 13.0. The van der Waals surface area contributed by atoms with Crippen LogP contribution in [0, 0.1) is 5.92 Å². The third-order valence-corrected chi connectivity index (χ3v) is 8.74. The maximum absolute atomic E-state index is 13.0. The number of amides is 1. The highest BCUT2D eigenvalue weighted by Gasteiger charge is 2.47. The van der Waals surface area contributed by atoms with Crippen LogP contribution in [0.4, 0.5) is 5.82 Å². The van der Waals surface area contributed by atoms with Crippen LogP contribution in [0.1, 0.15) is 49.3 Å². The van der Waals surface area contributed by atoms with Gasteiger partial charge < -0.3 is 20.8 Å². The summed E-state index contributed by atoms with van der Waals surface area (Å²) in [5.41, 5.74) is 3.24. The molecule has 2 saturated carbocycles. The Bertz CT molecular complexity index is 1470. The molecule has 1 amide bonds. The molecule has 4 N–H and O–H groups in total. The van der Waals surface area contributed by atoms with Crippen LogP contribution in [-0.4, -0.2) is 65.1 Å². The van der Waals surface area contributed by atoms with Crippen molar-refractivity contribution in [2.75, 3.05) is 11.1 Å². The second kappa shape index (κ2) is 11.5. The summed E-state index contributed by atoms with van der Waals surface area (Å²) in [6.45, 7) is 2.45. The van der Waals surface area contributed by atoms with E-state index in [2.05, 4.69) is 52.1 Å². The van der Waals surface area contributed by atoms with Gasteiger partial charge >= 0.3 is 0 Å². The molecular weight excluding hydrogens is 526 g/mol. The first-order valence-electron chi connectivity index (χ1n) is 13.8. The summed E-state index contributed by atoms with van der Waals surface area (Å²) in [5.74, 6) is 0.781. The van der Waals surface area contributed by atoms with Gasteiger partial charge in [0.15, 0.2) is 22.1 Å². The quantitative estimate of drug-likeness (QED) is 0.170. The van der Waals surface area contributed by atoms with Crippen molar-refractivity contribution < 1.29 is 15.0 Å². The number of carbonyl (C=O) groups excluding carboxylic acids is 1. The van der Waals surface area contributed by atoms with Crippen molar-refractivity contribution in [3.8, 4) is 0 Å². The van der Waals surface area contributed by atoms with E-state index in [1.807, 2.05) is 36.4 Å². The molecule has 0 spiro atoms. The minimum Gasteiger partial charge on any atom is -0.390 e. The Labute approximate surface area is 236 Å². The van der Waals surface area contributed by atoms with E-state index in [4.69, 9.17) is 9.97 Å². The average Bonchev–Trinajstić information content (AvgIpc) is 3.53. The largest absolute Gasteiger partial charge is 0.390 e. The van der Waals surface area contributed by atoms with E-state index in [-0.39, 0.29) is 18.4 Å². The number of hydrogen-bond donors (Lipinski definition) is 4. The van der Waals surface area contributed by atoms with Gasteiger partial charge in [0.1, 0.15) is 6.10 Å². The Balaban J connectivity index is 1.23. The van der Waals surface area contributed by atoms with Gasteiger partial charge in [-0.3, -0.25) is 4.79 Å². The van der Waals surface area contributed by atoms with Gasteiger partial charge in [-0.15, -0.1) is 5.10 Å². The van der Waals surface area contributed by atoms with Crippen LogP contribution in [0.25, 0.3) is 11.2 Å². The molecule has 0 radical (unpaired) electrons. The van der Waals surface area contributed by atoms with Crippen LogP contribution in [0.2, 0.25) is 0 Å². The lowest BCUT2D eigenvalue weighted by molar-refractivity contribution is -0.129. The summed E-state index contributed by atoms with van der Waals surface area (Å²) >= 11 is 1.55. The topological polar surface area (TPSA) is 138 Å². The Morgan fingerprint density at radius 3 is 2.52 bits per heavy atom. The molecule has 2 aromatic carbocycles. The highest BCUT2D eigenvalue weighted by Crippen LogP contribution is 2.43. The molecule has 208 valence electrons.